The summed E-state index contributed by atoms with van der Waals surface area (Å²) in [5, 5.41) is 3.47. The minimum absolute atomic E-state index is 0.384. The lowest BCUT2D eigenvalue weighted by Crippen LogP contribution is -2.37. The van der Waals surface area contributed by atoms with Crippen molar-refractivity contribution in [3.63, 3.8) is 0 Å². The van der Waals surface area contributed by atoms with Crippen LogP contribution in [0.5, 0.6) is 0 Å². The highest BCUT2D eigenvalue weighted by atomic mass is 32.2. The molecule has 0 saturated carbocycles. The predicted octanol–water partition coefficient (Wildman–Crippen LogP) is 1.52. The van der Waals surface area contributed by atoms with Crippen LogP contribution in [0.2, 0.25) is 0 Å². The second-order valence-electron chi connectivity index (χ2n) is 5.82. The third-order valence-corrected chi connectivity index (χ3v) is 4.96. The summed E-state index contributed by atoms with van der Waals surface area (Å²) in [5.74, 6) is 0.726. The fraction of sp³-hybridized carbons (Fsp3) is 0.600. The molecule has 1 saturated heterocycles. The van der Waals surface area contributed by atoms with Crippen LogP contribution in [0.3, 0.4) is 0 Å². The Morgan fingerprint density at radius 2 is 2.00 bits per heavy atom. The van der Waals surface area contributed by atoms with Crippen molar-refractivity contribution in [1.29, 1.82) is 0 Å². The van der Waals surface area contributed by atoms with E-state index in [4.69, 9.17) is 0 Å². The van der Waals surface area contributed by atoms with Crippen molar-refractivity contribution in [1.82, 2.24) is 10.2 Å². The smallest absolute Gasteiger partial charge is 0.175 e. The standard InChI is InChI=1S/C15H24N2O2S/c1-17-9-3-4-14(12-17)11-16-10-13-5-7-15(8-6-13)20(2,18)19/h5-8,14,16H,3-4,9-12H2,1-2H3. The van der Waals surface area contributed by atoms with Gasteiger partial charge in [0.15, 0.2) is 9.84 Å². The van der Waals surface area contributed by atoms with Crippen LogP contribution >= 0.6 is 0 Å². The zero-order chi connectivity index (χ0) is 14.6. The molecule has 1 heterocycles. The topological polar surface area (TPSA) is 49.4 Å². The molecule has 0 bridgehead atoms. The van der Waals surface area contributed by atoms with E-state index in [1.165, 1.54) is 32.2 Å². The molecule has 5 heteroatoms. The van der Waals surface area contributed by atoms with Crippen molar-refractivity contribution in [3.05, 3.63) is 29.8 Å². The van der Waals surface area contributed by atoms with E-state index in [0.717, 1.165) is 24.6 Å². The van der Waals surface area contributed by atoms with E-state index >= 15 is 0 Å². The second kappa shape index (κ2) is 6.70. The molecule has 20 heavy (non-hydrogen) atoms. The molecule has 112 valence electrons. The molecule has 1 aliphatic rings. The molecular formula is C15H24N2O2S. The summed E-state index contributed by atoms with van der Waals surface area (Å²) in [7, 11) is -0.913. The number of hydrogen-bond acceptors (Lipinski definition) is 4. The van der Waals surface area contributed by atoms with Crippen LogP contribution < -0.4 is 5.32 Å². The average Bonchev–Trinajstić information content (AvgIpc) is 2.38. The Kier molecular flexibility index (Phi) is 5.18. The third kappa shape index (κ3) is 4.58. The number of sulfone groups is 1. The molecule has 0 spiro atoms. The molecule has 1 atom stereocenters. The number of benzene rings is 1. The molecule has 1 N–H and O–H groups in total. The van der Waals surface area contributed by atoms with Crippen molar-refractivity contribution in [2.24, 2.45) is 5.92 Å². The highest BCUT2D eigenvalue weighted by Gasteiger charge is 2.16. The van der Waals surface area contributed by atoms with Crippen LogP contribution in [-0.4, -0.2) is 46.3 Å². The van der Waals surface area contributed by atoms with E-state index in [1.807, 2.05) is 12.1 Å². The molecule has 0 amide bonds. The van der Waals surface area contributed by atoms with Gasteiger partial charge in [-0.05, 0) is 56.6 Å². The van der Waals surface area contributed by atoms with Gasteiger partial charge in [0.25, 0.3) is 0 Å². The molecule has 2 rings (SSSR count). The fourth-order valence-corrected chi connectivity index (χ4v) is 3.35. The van der Waals surface area contributed by atoms with Crippen LogP contribution in [0.4, 0.5) is 0 Å². The Balaban J connectivity index is 1.79. The average molecular weight is 296 g/mol. The lowest BCUT2D eigenvalue weighted by molar-refractivity contribution is 0.206. The van der Waals surface area contributed by atoms with Gasteiger partial charge < -0.3 is 10.2 Å². The molecule has 0 aliphatic carbocycles. The minimum atomic E-state index is -3.09. The summed E-state index contributed by atoms with van der Waals surface area (Å²) in [6.07, 6.45) is 3.82. The summed E-state index contributed by atoms with van der Waals surface area (Å²) in [6, 6.07) is 7.13. The van der Waals surface area contributed by atoms with E-state index in [2.05, 4.69) is 17.3 Å². The van der Waals surface area contributed by atoms with Gasteiger partial charge in [-0.2, -0.15) is 0 Å². The number of hydrogen-bond donors (Lipinski definition) is 1. The number of nitrogens with one attached hydrogen (secondary N) is 1. The maximum absolute atomic E-state index is 11.4. The summed E-state index contributed by atoms with van der Waals surface area (Å²) in [6.45, 7) is 4.20. The van der Waals surface area contributed by atoms with Crippen molar-refractivity contribution in [2.75, 3.05) is 32.9 Å². The lowest BCUT2D eigenvalue weighted by atomic mass is 9.98. The van der Waals surface area contributed by atoms with Gasteiger partial charge in [-0.15, -0.1) is 0 Å². The Bertz CT molecular complexity index is 525. The number of rotatable bonds is 5. The van der Waals surface area contributed by atoms with Gasteiger partial charge in [0.1, 0.15) is 0 Å². The van der Waals surface area contributed by atoms with Gasteiger partial charge in [0, 0.05) is 19.3 Å². The van der Waals surface area contributed by atoms with Crippen LogP contribution in [-0.2, 0) is 16.4 Å². The molecule has 0 aromatic heterocycles. The number of piperidine rings is 1. The van der Waals surface area contributed by atoms with Gasteiger partial charge in [-0.25, -0.2) is 8.42 Å². The van der Waals surface area contributed by atoms with Crippen LogP contribution in [0.1, 0.15) is 18.4 Å². The number of nitrogens with zero attached hydrogens (tertiary/aromatic N) is 1. The zero-order valence-electron chi connectivity index (χ0n) is 12.3. The highest BCUT2D eigenvalue weighted by Crippen LogP contribution is 2.14. The molecule has 1 unspecified atom stereocenters. The SMILES string of the molecule is CN1CCCC(CNCc2ccc(S(C)(=O)=O)cc2)C1. The minimum Gasteiger partial charge on any atom is -0.312 e. The zero-order valence-corrected chi connectivity index (χ0v) is 13.1. The summed E-state index contributed by atoms with van der Waals surface area (Å²) < 4.78 is 22.8. The van der Waals surface area contributed by atoms with E-state index in [1.54, 1.807) is 12.1 Å². The molecule has 1 fully saturated rings. The molecule has 1 aromatic rings. The Morgan fingerprint density at radius 3 is 2.60 bits per heavy atom. The fourth-order valence-electron chi connectivity index (χ4n) is 2.71. The molecule has 4 nitrogen and oxygen atoms in total. The van der Waals surface area contributed by atoms with Crippen molar-refractivity contribution in [2.45, 2.75) is 24.3 Å². The second-order valence-corrected chi connectivity index (χ2v) is 7.83. The summed E-state index contributed by atoms with van der Waals surface area (Å²) >= 11 is 0. The monoisotopic (exact) mass is 296 g/mol. The van der Waals surface area contributed by atoms with Gasteiger partial charge in [0.2, 0.25) is 0 Å². The Labute approximate surface area is 122 Å². The number of likely N-dealkylation sites (tertiary alicyclic amines) is 1. The van der Waals surface area contributed by atoms with Gasteiger partial charge in [-0.1, -0.05) is 12.1 Å². The van der Waals surface area contributed by atoms with Gasteiger partial charge >= 0.3 is 0 Å². The summed E-state index contributed by atoms with van der Waals surface area (Å²) in [5.41, 5.74) is 1.13. The van der Waals surface area contributed by atoms with Gasteiger partial charge in [-0.3, -0.25) is 0 Å². The quantitative estimate of drug-likeness (QED) is 0.895. The molecule has 1 aromatic carbocycles. The molecule has 1 aliphatic heterocycles. The predicted molar refractivity (Wildman–Crippen MR) is 81.5 cm³/mol. The normalized spacial score (nSPS) is 21.0. The first-order valence-corrected chi connectivity index (χ1v) is 9.02. The highest BCUT2D eigenvalue weighted by molar-refractivity contribution is 7.90. The lowest BCUT2D eigenvalue weighted by Gasteiger charge is -2.29. The largest absolute Gasteiger partial charge is 0.312 e. The van der Waals surface area contributed by atoms with Crippen LogP contribution in [0.25, 0.3) is 0 Å². The van der Waals surface area contributed by atoms with E-state index in [0.29, 0.717) is 4.90 Å². The maximum Gasteiger partial charge on any atom is 0.175 e. The molecule has 0 radical (unpaired) electrons. The third-order valence-electron chi connectivity index (χ3n) is 3.84. The van der Waals surface area contributed by atoms with Crippen molar-refractivity contribution in [3.8, 4) is 0 Å². The van der Waals surface area contributed by atoms with Crippen molar-refractivity contribution >= 4 is 9.84 Å². The van der Waals surface area contributed by atoms with Crippen LogP contribution in [0.15, 0.2) is 29.2 Å². The Morgan fingerprint density at radius 1 is 1.30 bits per heavy atom. The van der Waals surface area contributed by atoms with Gasteiger partial charge in [0.05, 0.1) is 4.90 Å². The first-order valence-electron chi connectivity index (χ1n) is 7.13. The van der Waals surface area contributed by atoms with E-state index in [9.17, 15) is 8.42 Å². The van der Waals surface area contributed by atoms with E-state index in [-0.39, 0.29) is 0 Å². The summed E-state index contributed by atoms with van der Waals surface area (Å²) in [4.78, 5) is 2.77. The Hall–Kier alpha value is -0.910. The first-order chi connectivity index (χ1) is 9.45. The van der Waals surface area contributed by atoms with Crippen molar-refractivity contribution < 1.29 is 8.42 Å². The molecular weight excluding hydrogens is 272 g/mol. The van der Waals surface area contributed by atoms with E-state index < -0.39 is 9.84 Å². The first kappa shape index (κ1) is 15.5. The van der Waals surface area contributed by atoms with Crippen LogP contribution in [0, 0.1) is 5.92 Å². The maximum atomic E-state index is 11.4.